The first-order chi connectivity index (χ1) is 12.1. The Labute approximate surface area is 152 Å². The van der Waals surface area contributed by atoms with Crippen molar-refractivity contribution in [2.24, 2.45) is 0 Å². The van der Waals surface area contributed by atoms with E-state index >= 15 is 0 Å². The predicted octanol–water partition coefficient (Wildman–Crippen LogP) is 1.40. The third-order valence-electron chi connectivity index (χ3n) is 5.73. The molecule has 1 saturated carbocycles. The van der Waals surface area contributed by atoms with E-state index in [4.69, 9.17) is 0 Å². The molecule has 6 nitrogen and oxygen atoms in total. The molecule has 1 aromatic rings. The van der Waals surface area contributed by atoms with Gasteiger partial charge >= 0.3 is 0 Å². The fourth-order valence-corrected chi connectivity index (χ4v) is 4.96. The molecule has 3 aliphatic rings. The maximum absolute atomic E-state index is 12.7. The molecule has 0 N–H and O–H groups in total. The number of ketones is 1. The Morgan fingerprint density at radius 3 is 2.56 bits per heavy atom. The van der Waals surface area contributed by atoms with Crippen molar-refractivity contribution < 1.29 is 9.59 Å². The van der Waals surface area contributed by atoms with Crippen LogP contribution < -0.4 is 0 Å². The smallest absolute Gasteiger partial charge is 0.236 e. The molecular weight excluding hydrogens is 336 g/mol. The highest BCUT2D eigenvalue weighted by molar-refractivity contribution is 7.13. The summed E-state index contributed by atoms with van der Waals surface area (Å²) in [5, 5.41) is 0.602. The van der Waals surface area contributed by atoms with E-state index in [1.54, 1.807) is 6.92 Å². The summed E-state index contributed by atoms with van der Waals surface area (Å²) >= 11 is 1.49. The average Bonchev–Trinajstić information content (AvgIpc) is 2.97. The number of piperazine rings is 1. The molecule has 0 radical (unpaired) electrons. The summed E-state index contributed by atoms with van der Waals surface area (Å²) in [4.78, 5) is 36.5. The Balaban J connectivity index is 1.29. The van der Waals surface area contributed by atoms with Crippen molar-refractivity contribution in [1.29, 1.82) is 0 Å². The maximum Gasteiger partial charge on any atom is 0.236 e. The average molecular weight is 362 g/mol. The molecule has 1 amide bonds. The van der Waals surface area contributed by atoms with Crippen molar-refractivity contribution in [2.45, 2.75) is 45.2 Å². The highest BCUT2D eigenvalue weighted by Gasteiger charge is 2.30. The van der Waals surface area contributed by atoms with Gasteiger partial charge in [0.1, 0.15) is 0 Å². The second-order valence-electron chi connectivity index (χ2n) is 7.41. The number of thiazole rings is 1. The monoisotopic (exact) mass is 362 g/mol. The number of rotatable bonds is 4. The Bertz CT molecular complexity index is 662. The number of hydrogen-bond donors (Lipinski definition) is 0. The lowest BCUT2D eigenvalue weighted by Gasteiger charge is -2.43. The van der Waals surface area contributed by atoms with Crippen LogP contribution in [0.15, 0.2) is 0 Å². The number of carbonyl (C=O) groups is 2. The van der Waals surface area contributed by atoms with Gasteiger partial charge in [-0.25, -0.2) is 4.98 Å². The van der Waals surface area contributed by atoms with E-state index in [-0.39, 0.29) is 11.7 Å². The zero-order valence-corrected chi connectivity index (χ0v) is 15.7. The molecule has 1 saturated heterocycles. The van der Waals surface area contributed by atoms with Crippen molar-refractivity contribution in [3.63, 3.8) is 0 Å². The summed E-state index contributed by atoms with van der Waals surface area (Å²) in [6.07, 6.45) is 4.87. The van der Waals surface area contributed by atoms with E-state index in [1.807, 2.05) is 4.90 Å². The topological polar surface area (TPSA) is 56.8 Å². The molecule has 4 rings (SSSR count). The molecule has 0 atom stereocenters. The molecule has 2 aliphatic heterocycles. The van der Waals surface area contributed by atoms with Crippen LogP contribution in [0, 0.1) is 0 Å². The lowest BCUT2D eigenvalue weighted by molar-refractivity contribution is -0.135. The van der Waals surface area contributed by atoms with Gasteiger partial charge in [0.15, 0.2) is 10.8 Å². The number of aromatic nitrogens is 1. The lowest BCUT2D eigenvalue weighted by Crippen LogP contribution is -2.55. The van der Waals surface area contributed by atoms with Gasteiger partial charge in [-0.3, -0.25) is 19.4 Å². The first-order valence-electron chi connectivity index (χ1n) is 9.34. The second-order valence-corrected chi connectivity index (χ2v) is 8.49. The molecule has 0 spiro atoms. The summed E-state index contributed by atoms with van der Waals surface area (Å²) < 4.78 is 0. The number of amides is 1. The molecule has 0 aromatic carbocycles. The van der Waals surface area contributed by atoms with E-state index in [9.17, 15) is 9.59 Å². The van der Waals surface area contributed by atoms with Gasteiger partial charge in [0.25, 0.3) is 0 Å². The van der Waals surface area contributed by atoms with Crippen LogP contribution in [-0.4, -0.2) is 76.7 Å². The van der Waals surface area contributed by atoms with Crippen molar-refractivity contribution >= 4 is 23.0 Å². The summed E-state index contributed by atoms with van der Waals surface area (Å²) in [5.41, 5.74) is 1.05. The van der Waals surface area contributed by atoms with E-state index in [0.717, 1.165) is 62.3 Å². The van der Waals surface area contributed by atoms with Crippen molar-refractivity contribution in [1.82, 2.24) is 19.7 Å². The van der Waals surface area contributed by atoms with Crippen LogP contribution in [0.1, 0.15) is 46.6 Å². The largest absolute Gasteiger partial charge is 0.339 e. The number of Topliss-reactive ketones (excluding diaryl/α,β-unsaturated/α-hetero) is 1. The fourth-order valence-electron chi connectivity index (χ4n) is 3.91. The Morgan fingerprint density at radius 1 is 1.16 bits per heavy atom. The van der Waals surface area contributed by atoms with E-state index in [2.05, 4.69) is 14.8 Å². The molecule has 25 heavy (non-hydrogen) atoms. The summed E-state index contributed by atoms with van der Waals surface area (Å²) in [7, 11) is 0. The SMILES string of the molecule is CC(=O)c1nc2c(s1)CN(CC(=O)N1CCN(C3CCC3)CC1)CC2. The van der Waals surface area contributed by atoms with Crippen molar-refractivity contribution in [3.05, 3.63) is 15.6 Å². The number of nitrogens with zero attached hydrogens (tertiary/aromatic N) is 4. The molecule has 3 heterocycles. The normalized spacial score (nSPS) is 22.5. The summed E-state index contributed by atoms with van der Waals surface area (Å²) in [5.74, 6) is 0.277. The molecule has 7 heteroatoms. The molecule has 1 aliphatic carbocycles. The molecule has 0 bridgehead atoms. The Kier molecular flexibility index (Phi) is 4.88. The van der Waals surface area contributed by atoms with Gasteiger partial charge in [-0.15, -0.1) is 11.3 Å². The van der Waals surface area contributed by atoms with Gasteiger partial charge in [-0.1, -0.05) is 6.42 Å². The highest BCUT2D eigenvalue weighted by Crippen LogP contribution is 2.27. The maximum atomic E-state index is 12.7. The highest BCUT2D eigenvalue weighted by atomic mass is 32.1. The molecule has 0 unspecified atom stereocenters. The summed E-state index contributed by atoms with van der Waals surface area (Å²) in [6, 6.07) is 0.777. The van der Waals surface area contributed by atoms with Crippen LogP contribution >= 0.6 is 11.3 Å². The van der Waals surface area contributed by atoms with Crippen LogP contribution in [0.25, 0.3) is 0 Å². The van der Waals surface area contributed by atoms with Crippen LogP contribution in [0.3, 0.4) is 0 Å². The van der Waals surface area contributed by atoms with E-state index < -0.39 is 0 Å². The van der Waals surface area contributed by atoms with Gasteiger partial charge in [0.05, 0.1) is 12.2 Å². The minimum Gasteiger partial charge on any atom is -0.339 e. The molecule has 136 valence electrons. The summed E-state index contributed by atoms with van der Waals surface area (Å²) in [6.45, 7) is 7.42. The molecule has 1 aromatic heterocycles. The van der Waals surface area contributed by atoms with Gasteiger partial charge < -0.3 is 4.90 Å². The van der Waals surface area contributed by atoms with Crippen LogP contribution in [-0.2, 0) is 17.8 Å². The quantitative estimate of drug-likeness (QED) is 0.758. The van der Waals surface area contributed by atoms with Gasteiger partial charge in [0, 0.05) is 63.5 Å². The minimum absolute atomic E-state index is 0.0337. The minimum atomic E-state index is 0.0337. The van der Waals surface area contributed by atoms with Gasteiger partial charge in [-0.2, -0.15) is 0 Å². The zero-order chi connectivity index (χ0) is 17.4. The first kappa shape index (κ1) is 17.1. The second kappa shape index (κ2) is 7.13. The van der Waals surface area contributed by atoms with Gasteiger partial charge in [-0.05, 0) is 12.8 Å². The predicted molar refractivity (Wildman–Crippen MR) is 96.9 cm³/mol. The number of carbonyl (C=O) groups excluding carboxylic acids is 2. The Morgan fingerprint density at radius 2 is 1.92 bits per heavy atom. The third kappa shape index (κ3) is 3.64. The van der Waals surface area contributed by atoms with Crippen molar-refractivity contribution in [2.75, 3.05) is 39.3 Å². The number of hydrogen-bond acceptors (Lipinski definition) is 6. The Hall–Kier alpha value is -1.31. The standard InChI is InChI=1S/C18H26N4O2S/c1-13(23)18-19-15-5-6-20(11-16(15)25-18)12-17(24)22-9-7-21(8-10-22)14-3-2-4-14/h14H,2-12H2,1H3. The van der Waals surface area contributed by atoms with E-state index in [1.165, 1.54) is 30.6 Å². The van der Waals surface area contributed by atoms with Crippen LogP contribution in [0.4, 0.5) is 0 Å². The van der Waals surface area contributed by atoms with Crippen LogP contribution in [0.2, 0.25) is 0 Å². The third-order valence-corrected chi connectivity index (χ3v) is 6.91. The lowest BCUT2D eigenvalue weighted by atomic mass is 9.91. The molecular formula is C18H26N4O2S. The zero-order valence-electron chi connectivity index (χ0n) is 14.9. The molecule has 2 fully saturated rings. The van der Waals surface area contributed by atoms with Gasteiger partial charge in [0.2, 0.25) is 5.91 Å². The van der Waals surface area contributed by atoms with Crippen molar-refractivity contribution in [3.8, 4) is 0 Å². The first-order valence-corrected chi connectivity index (χ1v) is 10.2. The van der Waals surface area contributed by atoms with Crippen LogP contribution in [0.5, 0.6) is 0 Å². The fraction of sp³-hybridized carbons (Fsp3) is 0.722. The van der Waals surface area contributed by atoms with E-state index in [0.29, 0.717) is 11.6 Å². The number of fused-ring (bicyclic) bond motifs is 1.